The minimum Gasteiger partial charge on any atom is -0.486 e. The highest BCUT2D eigenvalue weighted by molar-refractivity contribution is 7.98. The first-order valence-corrected chi connectivity index (χ1v) is 7.55. The average molecular weight is 276 g/mol. The zero-order valence-corrected chi connectivity index (χ0v) is 11.9. The van der Waals surface area contributed by atoms with Crippen molar-refractivity contribution in [2.24, 2.45) is 0 Å². The number of ether oxygens (including phenoxy) is 2. The van der Waals surface area contributed by atoms with Crippen LogP contribution in [0.5, 0.6) is 11.5 Å². The van der Waals surface area contributed by atoms with Crippen LogP contribution in [0.1, 0.15) is 6.92 Å². The van der Waals surface area contributed by atoms with Crippen molar-refractivity contribution in [3.63, 3.8) is 0 Å². The van der Waals surface area contributed by atoms with Crippen LogP contribution in [0.15, 0.2) is 29.6 Å². The molecular weight excluding hydrogens is 260 g/mol. The Morgan fingerprint density at radius 3 is 2.79 bits per heavy atom. The second-order valence-electron chi connectivity index (χ2n) is 4.23. The number of nitrogens with zero attached hydrogens (tertiary/aromatic N) is 2. The molecule has 0 saturated carbocycles. The first-order valence-electron chi connectivity index (χ1n) is 6.33. The van der Waals surface area contributed by atoms with Crippen molar-refractivity contribution in [2.45, 2.75) is 18.6 Å². The Bertz CT molecular complexity index is 595. The molecule has 0 amide bonds. The lowest BCUT2D eigenvalue weighted by Crippen LogP contribution is -2.15. The third kappa shape index (κ3) is 2.18. The minimum atomic E-state index is 0.611. The lowest BCUT2D eigenvalue weighted by atomic mass is 10.1. The monoisotopic (exact) mass is 276 g/mol. The molecule has 1 aromatic heterocycles. The second-order valence-corrected chi connectivity index (χ2v) is 5.01. The van der Waals surface area contributed by atoms with Crippen LogP contribution < -0.4 is 9.47 Å². The van der Waals surface area contributed by atoms with Crippen molar-refractivity contribution in [1.29, 1.82) is 0 Å². The molecule has 100 valence electrons. The average Bonchev–Trinajstić information content (AvgIpc) is 2.89. The van der Waals surface area contributed by atoms with Crippen LogP contribution in [0.25, 0.3) is 11.3 Å². The van der Waals surface area contributed by atoms with E-state index in [0.717, 1.165) is 34.5 Å². The van der Waals surface area contributed by atoms with Gasteiger partial charge in [-0.05, 0) is 31.4 Å². The molecule has 0 radical (unpaired) electrons. The van der Waals surface area contributed by atoms with Crippen molar-refractivity contribution >= 4 is 11.8 Å². The molecule has 4 nitrogen and oxygen atoms in total. The van der Waals surface area contributed by atoms with Gasteiger partial charge in [0.2, 0.25) is 0 Å². The zero-order chi connectivity index (χ0) is 13.2. The number of thioether (sulfide) groups is 1. The smallest absolute Gasteiger partial charge is 0.168 e. The quantitative estimate of drug-likeness (QED) is 0.807. The summed E-state index contributed by atoms with van der Waals surface area (Å²) in [6.45, 7) is 4.26. The maximum absolute atomic E-state index is 5.63. The summed E-state index contributed by atoms with van der Waals surface area (Å²) in [7, 11) is 0. The molecule has 1 aliphatic rings. The van der Waals surface area contributed by atoms with E-state index in [1.54, 1.807) is 11.8 Å². The molecule has 0 unspecified atom stereocenters. The third-order valence-corrected chi connectivity index (χ3v) is 3.85. The maximum atomic E-state index is 5.63. The maximum Gasteiger partial charge on any atom is 0.168 e. The van der Waals surface area contributed by atoms with Gasteiger partial charge in [0.25, 0.3) is 0 Å². The van der Waals surface area contributed by atoms with E-state index < -0.39 is 0 Å². The molecule has 0 spiro atoms. The first-order chi connectivity index (χ1) is 9.33. The predicted octanol–water partition coefficient (Wildman–Crippen LogP) is 3.06. The number of imidazole rings is 1. The van der Waals surface area contributed by atoms with Gasteiger partial charge in [0, 0.05) is 12.1 Å². The van der Waals surface area contributed by atoms with Crippen molar-refractivity contribution < 1.29 is 9.47 Å². The number of hydrogen-bond donors (Lipinski definition) is 0. The van der Waals surface area contributed by atoms with Gasteiger partial charge in [0.1, 0.15) is 13.2 Å². The molecule has 0 atom stereocenters. The molecule has 0 saturated heterocycles. The van der Waals surface area contributed by atoms with E-state index in [1.165, 1.54) is 0 Å². The van der Waals surface area contributed by atoms with Gasteiger partial charge >= 0.3 is 0 Å². The summed E-state index contributed by atoms with van der Waals surface area (Å²) < 4.78 is 13.4. The van der Waals surface area contributed by atoms with Gasteiger partial charge in [0.05, 0.1) is 11.9 Å². The molecular formula is C14H16N2O2S. The van der Waals surface area contributed by atoms with Crippen LogP contribution in [0.3, 0.4) is 0 Å². The number of benzene rings is 1. The molecule has 19 heavy (non-hydrogen) atoms. The summed E-state index contributed by atoms with van der Waals surface area (Å²) in [6, 6.07) is 6.05. The van der Waals surface area contributed by atoms with Crippen LogP contribution >= 0.6 is 11.8 Å². The summed E-state index contributed by atoms with van der Waals surface area (Å²) in [4.78, 5) is 4.45. The number of aromatic nitrogens is 2. The standard InChI is InChI=1S/C14H16N2O2S/c1-3-16-11(9-15-14(16)19-2)10-4-5-12-13(8-10)18-7-6-17-12/h4-5,8-9H,3,6-7H2,1-2H3. The fourth-order valence-electron chi connectivity index (χ4n) is 2.26. The highest BCUT2D eigenvalue weighted by atomic mass is 32.2. The highest BCUT2D eigenvalue weighted by Gasteiger charge is 2.15. The Morgan fingerprint density at radius 2 is 2.05 bits per heavy atom. The summed E-state index contributed by atoms with van der Waals surface area (Å²) in [5, 5.41) is 1.03. The number of fused-ring (bicyclic) bond motifs is 1. The van der Waals surface area contributed by atoms with Gasteiger partial charge in [-0.15, -0.1) is 0 Å². The Morgan fingerprint density at radius 1 is 1.26 bits per heavy atom. The Kier molecular flexibility index (Phi) is 3.38. The van der Waals surface area contributed by atoms with Crippen molar-refractivity contribution in [3.05, 3.63) is 24.4 Å². The van der Waals surface area contributed by atoms with Crippen LogP contribution in [0, 0.1) is 0 Å². The third-order valence-electron chi connectivity index (χ3n) is 3.16. The van der Waals surface area contributed by atoms with Gasteiger partial charge < -0.3 is 14.0 Å². The summed E-state index contributed by atoms with van der Waals surface area (Å²) in [6.07, 6.45) is 3.96. The van der Waals surface area contributed by atoms with E-state index in [-0.39, 0.29) is 0 Å². The van der Waals surface area contributed by atoms with Crippen LogP contribution in [0.2, 0.25) is 0 Å². The SMILES string of the molecule is CCn1c(-c2ccc3c(c2)OCCO3)cnc1SC. The molecule has 0 N–H and O–H groups in total. The van der Waals surface area contributed by atoms with Gasteiger partial charge in [-0.2, -0.15) is 0 Å². The predicted molar refractivity (Wildman–Crippen MR) is 76.1 cm³/mol. The molecule has 0 aliphatic carbocycles. The highest BCUT2D eigenvalue weighted by Crippen LogP contribution is 2.35. The van der Waals surface area contributed by atoms with Crippen molar-refractivity contribution in [1.82, 2.24) is 9.55 Å². The second kappa shape index (κ2) is 5.17. The lowest BCUT2D eigenvalue weighted by Gasteiger charge is -2.19. The van der Waals surface area contributed by atoms with Gasteiger partial charge in [-0.25, -0.2) is 4.98 Å². The van der Waals surface area contributed by atoms with Gasteiger partial charge in [-0.3, -0.25) is 0 Å². The van der Waals surface area contributed by atoms with Gasteiger partial charge in [-0.1, -0.05) is 11.8 Å². The van der Waals surface area contributed by atoms with E-state index >= 15 is 0 Å². The lowest BCUT2D eigenvalue weighted by molar-refractivity contribution is 0.171. The number of rotatable bonds is 3. The number of hydrogen-bond acceptors (Lipinski definition) is 4. The topological polar surface area (TPSA) is 36.3 Å². The molecule has 0 fully saturated rings. The summed E-state index contributed by atoms with van der Waals surface area (Å²) in [5.41, 5.74) is 2.22. The Hall–Kier alpha value is -1.62. The molecule has 2 heterocycles. The summed E-state index contributed by atoms with van der Waals surface area (Å²) >= 11 is 1.66. The molecule has 0 bridgehead atoms. The molecule has 3 rings (SSSR count). The van der Waals surface area contributed by atoms with Crippen LogP contribution in [-0.4, -0.2) is 29.0 Å². The van der Waals surface area contributed by atoms with Crippen LogP contribution in [-0.2, 0) is 6.54 Å². The van der Waals surface area contributed by atoms with Crippen LogP contribution in [0.4, 0.5) is 0 Å². The fraction of sp³-hybridized carbons (Fsp3) is 0.357. The van der Waals surface area contributed by atoms with Crippen molar-refractivity contribution in [2.75, 3.05) is 19.5 Å². The van der Waals surface area contributed by atoms with E-state index in [0.29, 0.717) is 13.2 Å². The van der Waals surface area contributed by atoms with E-state index in [9.17, 15) is 0 Å². The van der Waals surface area contributed by atoms with E-state index in [1.807, 2.05) is 24.6 Å². The Balaban J connectivity index is 2.04. The fourth-order valence-corrected chi connectivity index (χ4v) is 2.87. The first kappa shape index (κ1) is 12.4. The molecule has 1 aromatic carbocycles. The molecule has 5 heteroatoms. The Labute approximate surface area is 116 Å². The zero-order valence-electron chi connectivity index (χ0n) is 11.0. The molecule has 2 aromatic rings. The normalized spacial score (nSPS) is 13.6. The minimum absolute atomic E-state index is 0.611. The largest absolute Gasteiger partial charge is 0.486 e. The van der Waals surface area contributed by atoms with Gasteiger partial charge in [0.15, 0.2) is 16.7 Å². The summed E-state index contributed by atoms with van der Waals surface area (Å²) in [5.74, 6) is 1.64. The van der Waals surface area contributed by atoms with E-state index in [4.69, 9.17) is 9.47 Å². The van der Waals surface area contributed by atoms with E-state index in [2.05, 4.69) is 22.5 Å². The molecule has 1 aliphatic heterocycles. The van der Waals surface area contributed by atoms with Crippen molar-refractivity contribution in [3.8, 4) is 22.8 Å².